The molecule has 3 rings (SSSR count). The molecule has 1 amide bonds. The van der Waals surface area contributed by atoms with Crippen molar-refractivity contribution in [3.05, 3.63) is 48.4 Å². The maximum atomic E-state index is 12.1. The van der Waals surface area contributed by atoms with Gasteiger partial charge >= 0.3 is 0 Å². The molecule has 0 aliphatic carbocycles. The quantitative estimate of drug-likeness (QED) is 0.764. The van der Waals surface area contributed by atoms with E-state index in [1.54, 1.807) is 6.20 Å². The second kappa shape index (κ2) is 4.50. The summed E-state index contributed by atoms with van der Waals surface area (Å²) in [5, 5.41) is 8.81. The fourth-order valence-corrected chi connectivity index (χ4v) is 2.11. The van der Waals surface area contributed by atoms with E-state index in [-0.39, 0.29) is 5.91 Å². The molecule has 0 saturated carbocycles. The van der Waals surface area contributed by atoms with E-state index in [0.29, 0.717) is 10.7 Å². The molecule has 6 heteroatoms. The topological polar surface area (TPSA) is 67.8 Å². The number of fused-ring (bicyclic) bond motifs is 1. The average Bonchev–Trinajstić information content (AvgIpc) is 2.91. The number of carbonyl (C=O) groups is 1. The molecule has 0 atom stereocenters. The predicted molar refractivity (Wildman–Crippen MR) is 69.6 cm³/mol. The van der Waals surface area contributed by atoms with Crippen LogP contribution in [0.2, 0.25) is 0 Å². The van der Waals surface area contributed by atoms with Crippen LogP contribution in [0.4, 0.5) is 5.00 Å². The minimum Gasteiger partial charge on any atom is -0.310 e. The lowest BCUT2D eigenvalue weighted by atomic mass is 10.1. The third-order valence-corrected chi connectivity index (χ3v) is 3.07. The Labute approximate surface area is 107 Å². The molecular formula is C12H8N4OS. The zero-order chi connectivity index (χ0) is 12.4. The Hall–Kier alpha value is -2.34. The van der Waals surface area contributed by atoms with Crippen LogP contribution in [0.1, 0.15) is 10.5 Å². The number of rotatable bonds is 2. The number of pyridine rings is 1. The Bertz CT molecular complexity index is 691. The number of anilines is 1. The summed E-state index contributed by atoms with van der Waals surface area (Å²) in [7, 11) is 0. The summed E-state index contributed by atoms with van der Waals surface area (Å²) < 4.78 is 3.69. The van der Waals surface area contributed by atoms with Gasteiger partial charge in [-0.2, -0.15) is 0 Å². The van der Waals surface area contributed by atoms with E-state index in [1.165, 1.54) is 6.20 Å². The van der Waals surface area contributed by atoms with Crippen LogP contribution in [-0.2, 0) is 0 Å². The summed E-state index contributed by atoms with van der Waals surface area (Å²) in [5.74, 6) is -0.252. The first-order valence-corrected chi connectivity index (χ1v) is 6.04. The average molecular weight is 256 g/mol. The standard InChI is InChI=1S/C12H8N4OS/c17-12(15-10-7-14-16-18-10)11-9-4-2-1-3-8(9)5-6-13-11/h1-7H,(H,15,17). The number of nitrogens with one attached hydrogen (secondary N) is 1. The number of benzene rings is 1. The molecule has 2 heterocycles. The second-order valence-electron chi connectivity index (χ2n) is 3.62. The molecule has 5 nitrogen and oxygen atoms in total. The van der Waals surface area contributed by atoms with Crippen LogP contribution in [0, 0.1) is 0 Å². The van der Waals surface area contributed by atoms with Crippen LogP contribution in [0.15, 0.2) is 42.7 Å². The molecule has 3 aromatic rings. The van der Waals surface area contributed by atoms with Gasteiger partial charge in [0, 0.05) is 23.1 Å². The van der Waals surface area contributed by atoms with Crippen LogP contribution < -0.4 is 5.32 Å². The van der Waals surface area contributed by atoms with E-state index in [0.717, 1.165) is 22.3 Å². The fourth-order valence-electron chi connectivity index (χ4n) is 1.69. The van der Waals surface area contributed by atoms with Crippen LogP contribution in [0.25, 0.3) is 10.8 Å². The third-order valence-electron chi connectivity index (χ3n) is 2.49. The van der Waals surface area contributed by atoms with Crippen molar-refractivity contribution in [2.75, 3.05) is 5.32 Å². The Morgan fingerprint density at radius 3 is 2.94 bits per heavy atom. The van der Waals surface area contributed by atoms with Crippen molar-refractivity contribution in [3.63, 3.8) is 0 Å². The van der Waals surface area contributed by atoms with Crippen molar-refractivity contribution >= 4 is 33.2 Å². The van der Waals surface area contributed by atoms with Gasteiger partial charge in [0.1, 0.15) is 10.7 Å². The van der Waals surface area contributed by atoms with E-state index in [2.05, 4.69) is 19.9 Å². The first-order valence-electron chi connectivity index (χ1n) is 5.27. The summed E-state index contributed by atoms with van der Waals surface area (Å²) in [5.41, 5.74) is 0.404. The molecule has 1 aromatic carbocycles. The zero-order valence-corrected chi connectivity index (χ0v) is 10.0. The molecule has 18 heavy (non-hydrogen) atoms. The van der Waals surface area contributed by atoms with Crippen molar-refractivity contribution in [1.82, 2.24) is 14.6 Å². The van der Waals surface area contributed by atoms with Crippen LogP contribution >= 0.6 is 11.5 Å². The monoisotopic (exact) mass is 256 g/mol. The summed E-state index contributed by atoms with van der Waals surface area (Å²) in [6.45, 7) is 0. The van der Waals surface area contributed by atoms with Crippen molar-refractivity contribution in [3.8, 4) is 0 Å². The van der Waals surface area contributed by atoms with Gasteiger partial charge in [0.2, 0.25) is 0 Å². The van der Waals surface area contributed by atoms with Crippen LogP contribution in [0.5, 0.6) is 0 Å². The summed E-state index contributed by atoms with van der Waals surface area (Å²) in [6, 6.07) is 9.51. The molecule has 2 aromatic heterocycles. The van der Waals surface area contributed by atoms with Gasteiger partial charge in [-0.3, -0.25) is 9.78 Å². The van der Waals surface area contributed by atoms with Crippen LogP contribution in [0.3, 0.4) is 0 Å². The van der Waals surface area contributed by atoms with Crippen molar-refractivity contribution in [2.45, 2.75) is 0 Å². The number of carbonyl (C=O) groups excluding carboxylic acids is 1. The number of nitrogens with zero attached hydrogens (tertiary/aromatic N) is 3. The van der Waals surface area contributed by atoms with Crippen molar-refractivity contribution in [2.24, 2.45) is 0 Å². The molecule has 0 aliphatic heterocycles. The Kier molecular flexibility index (Phi) is 2.70. The van der Waals surface area contributed by atoms with Gasteiger partial charge < -0.3 is 5.32 Å². The minimum absolute atomic E-state index is 0.252. The van der Waals surface area contributed by atoms with Crippen LogP contribution in [-0.4, -0.2) is 20.5 Å². The van der Waals surface area contributed by atoms with Gasteiger partial charge in [-0.1, -0.05) is 28.8 Å². The largest absolute Gasteiger partial charge is 0.310 e. The zero-order valence-electron chi connectivity index (χ0n) is 9.20. The van der Waals surface area contributed by atoms with Crippen molar-refractivity contribution < 1.29 is 4.79 Å². The maximum Gasteiger partial charge on any atom is 0.275 e. The van der Waals surface area contributed by atoms with Gasteiger partial charge in [-0.15, -0.1) is 5.10 Å². The Balaban J connectivity index is 2.01. The predicted octanol–water partition coefficient (Wildman–Crippen LogP) is 2.34. The summed E-state index contributed by atoms with van der Waals surface area (Å²) in [4.78, 5) is 16.2. The van der Waals surface area contributed by atoms with Crippen molar-refractivity contribution in [1.29, 1.82) is 0 Å². The molecule has 0 aliphatic rings. The molecule has 0 radical (unpaired) electrons. The van der Waals surface area contributed by atoms with Gasteiger partial charge in [-0.05, 0) is 11.5 Å². The Morgan fingerprint density at radius 1 is 1.22 bits per heavy atom. The molecular weight excluding hydrogens is 248 g/mol. The number of amides is 1. The lowest BCUT2D eigenvalue weighted by Gasteiger charge is -2.04. The van der Waals surface area contributed by atoms with Gasteiger partial charge in [-0.25, -0.2) is 0 Å². The molecule has 1 N–H and O–H groups in total. The van der Waals surface area contributed by atoms with E-state index >= 15 is 0 Å². The number of hydrogen-bond donors (Lipinski definition) is 1. The molecule has 0 unspecified atom stereocenters. The van der Waals surface area contributed by atoms with E-state index in [1.807, 2.05) is 30.3 Å². The SMILES string of the molecule is O=C(Nc1cnns1)c1nccc2ccccc12. The molecule has 0 spiro atoms. The highest BCUT2D eigenvalue weighted by atomic mass is 32.1. The van der Waals surface area contributed by atoms with Gasteiger partial charge in [0.05, 0.1) is 6.20 Å². The molecule has 0 saturated heterocycles. The lowest BCUT2D eigenvalue weighted by Crippen LogP contribution is -2.13. The Morgan fingerprint density at radius 2 is 2.11 bits per heavy atom. The summed E-state index contributed by atoms with van der Waals surface area (Å²) in [6.07, 6.45) is 3.13. The smallest absolute Gasteiger partial charge is 0.275 e. The minimum atomic E-state index is -0.252. The highest BCUT2D eigenvalue weighted by Crippen LogP contribution is 2.18. The number of aromatic nitrogens is 3. The molecule has 0 bridgehead atoms. The second-order valence-corrected chi connectivity index (χ2v) is 4.40. The van der Waals surface area contributed by atoms with Gasteiger partial charge in [0.25, 0.3) is 5.91 Å². The normalized spacial score (nSPS) is 10.4. The summed E-state index contributed by atoms with van der Waals surface area (Å²) >= 11 is 1.13. The number of hydrogen-bond acceptors (Lipinski definition) is 5. The lowest BCUT2D eigenvalue weighted by molar-refractivity contribution is 0.102. The maximum absolute atomic E-state index is 12.1. The van der Waals surface area contributed by atoms with E-state index < -0.39 is 0 Å². The molecule has 88 valence electrons. The first-order chi connectivity index (χ1) is 8.84. The highest BCUT2D eigenvalue weighted by Gasteiger charge is 2.12. The van der Waals surface area contributed by atoms with E-state index in [9.17, 15) is 4.79 Å². The molecule has 0 fully saturated rings. The first kappa shape index (κ1) is 10.8. The highest BCUT2D eigenvalue weighted by molar-refractivity contribution is 7.10. The third kappa shape index (κ3) is 1.93. The fraction of sp³-hybridized carbons (Fsp3) is 0. The van der Waals surface area contributed by atoms with Gasteiger partial charge in [0.15, 0.2) is 0 Å². The van der Waals surface area contributed by atoms with E-state index in [4.69, 9.17) is 0 Å².